The van der Waals surface area contributed by atoms with Crippen LogP contribution in [0.3, 0.4) is 0 Å². The maximum absolute atomic E-state index is 12.0. The van der Waals surface area contributed by atoms with Crippen molar-refractivity contribution >= 4 is 11.9 Å². The van der Waals surface area contributed by atoms with Crippen LogP contribution in [0.2, 0.25) is 0 Å². The number of esters is 2. The van der Waals surface area contributed by atoms with Crippen molar-refractivity contribution in [2.45, 2.75) is 31.5 Å². The van der Waals surface area contributed by atoms with E-state index in [2.05, 4.69) is 4.74 Å². The van der Waals surface area contributed by atoms with Crippen molar-refractivity contribution in [3.63, 3.8) is 0 Å². The molecule has 0 radical (unpaired) electrons. The van der Waals surface area contributed by atoms with E-state index in [0.29, 0.717) is 11.1 Å². The summed E-state index contributed by atoms with van der Waals surface area (Å²) < 4.78 is 15.3. The third-order valence-corrected chi connectivity index (χ3v) is 3.49. The van der Waals surface area contributed by atoms with Crippen LogP contribution in [0, 0.1) is 0 Å². The molecule has 108 valence electrons. The third-order valence-electron chi connectivity index (χ3n) is 3.49. The molecule has 1 fully saturated rings. The number of carbonyl (C=O) groups is 2. The first-order valence-corrected chi connectivity index (χ1v) is 6.58. The Bertz CT molecular complexity index is 480. The molecule has 0 spiro atoms. The molecule has 0 aliphatic heterocycles. The Hall–Kier alpha value is -1.88. The Balaban J connectivity index is 2.00. The van der Waals surface area contributed by atoms with Gasteiger partial charge in [0.1, 0.15) is 6.10 Å². The maximum atomic E-state index is 12.0. The van der Waals surface area contributed by atoms with Gasteiger partial charge in [-0.15, -0.1) is 0 Å². The smallest absolute Gasteiger partial charge is 0.338 e. The topological polar surface area (TPSA) is 61.8 Å². The lowest BCUT2D eigenvalue weighted by Crippen LogP contribution is -2.27. The zero-order valence-corrected chi connectivity index (χ0v) is 11.6. The van der Waals surface area contributed by atoms with E-state index in [9.17, 15) is 9.59 Å². The summed E-state index contributed by atoms with van der Waals surface area (Å²) in [6.45, 7) is 0. The minimum atomic E-state index is -0.430. The van der Waals surface area contributed by atoms with Gasteiger partial charge in [-0.1, -0.05) is 0 Å². The molecule has 5 heteroatoms. The van der Waals surface area contributed by atoms with Crippen molar-refractivity contribution in [1.82, 2.24) is 0 Å². The Labute approximate surface area is 117 Å². The third kappa shape index (κ3) is 3.17. The zero-order chi connectivity index (χ0) is 14.5. The van der Waals surface area contributed by atoms with E-state index in [0.717, 1.165) is 19.3 Å². The summed E-state index contributed by atoms with van der Waals surface area (Å²) in [5.74, 6) is -0.824. The molecular weight excluding hydrogens is 260 g/mol. The van der Waals surface area contributed by atoms with Gasteiger partial charge in [-0.05, 0) is 43.5 Å². The van der Waals surface area contributed by atoms with Crippen LogP contribution >= 0.6 is 0 Å². The summed E-state index contributed by atoms with van der Waals surface area (Å²) >= 11 is 0. The van der Waals surface area contributed by atoms with Gasteiger partial charge in [-0.3, -0.25) is 0 Å². The molecule has 1 aromatic rings. The molecule has 0 saturated heterocycles. The first kappa shape index (κ1) is 14.5. The van der Waals surface area contributed by atoms with Crippen molar-refractivity contribution in [3.05, 3.63) is 35.4 Å². The number of rotatable bonds is 4. The second kappa shape index (κ2) is 6.52. The Morgan fingerprint density at radius 2 is 1.50 bits per heavy atom. The highest BCUT2D eigenvalue weighted by Crippen LogP contribution is 2.25. The van der Waals surface area contributed by atoms with Crippen LogP contribution in [0.1, 0.15) is 40.0 Å². The number of carbonyl (C=O) groups excluding carboxylic acids is 2. The predicted octanol–water partition coefficient (Wildman–Crippen LogP) is 2.20. The highest BCUT2D eigenvalue weighted by Gasteiger charge is 2.30. The second-order valence-corrected chi connectivity index (χ2v) is 4.72. The van der Waals surface area contributed by atoms with Gasteiger partial charge in [0.2, 0.25) is 0 Å². The quantitative estimate of drug-likeness (QED) is 0.790. The molecule has 0 aromatic heterocycles. The lowest BCUT2D eigenvalue weighted by molar-refractivity contribution is -0.0206. The van der Waals surface area contributed by atoms with Crippen LogP contribution in [0.4, 0.5) is 0 Å². The molecule has 20 heavy (non-hydrogen) atoms. The van der Waals surface area contributed by atoms with Crippen molar-refractivity contribution < 1.29 is 23.8 Å². The number of hydrogen-bond acceptors (Lipinski definition) is 5. The predicted molar refractivity (Wildman–Crippen MR) is 71.6 cm³/mol. The van der Waals surface area contributed by atoms with E-state index in [4.69, 9.17) is 9.47 Å². The molecule has 5 nitrogen and oxygen atoms in total. The van der Waals surface area contributed by atoms with Gasteiger partial charge in [-0.2, -0.15) is 0 Å². The van der Waals surface area contributed by atoms with Gasteiger partial charge >= 0.3 is 11.9 Å². The van der Waals surface area contributed by atoms with E-state index in [1.165, 1.54) is 7.11 Å². The Morgan fingerprint density at radius 3 is 2.05 bits per heavy atom. The molecule has 1 aliphatic carbocycles. The van der Waals surface area contributed by atoms with E-state index in [1.807, 2.05) is 0 Å². The van der Waals surface area contributed by atoms with Crippen LogP contribution in [-0.2, 0) is 14.2 Å². The highest BCUT2D eigenvalue weighted by atomic mass is 16.6. The van der Waals surface area contributed by atoms with Crippen molar-refractivity contribution in [1.29, 1.82) is 0 Å². The maximum Gasteiger partial charge on any atom is 0.338 e. The fourth-order valence-electron chi connectivity index (χ4n) is 2.36. The van der Waals surface area contributed by atoms with E-state index >= 15 is 0 Å². The van der Waals surface area contributed by atoms with Crippen LogP contribution in [0.5, 0.6) is 0 Å². The molecule has 0 amide bonds. The Kier molecular flexibility index (Phi) is 4.74. The van der Waals surface area contributed by atoms with Crippen LogP contribution in [0.15, 0.2) is 24.3 Å². The minimum Gasteiger partial charge on any atom is -0.465 e. The van der Waals surface area contributed by atoms with Crippen molar-refractivity contribution in [2.75, 3.05) is 14.2 Å². The van der Waals surface area contributed by atoms with Crippen LogP contribution in [-0.4, -0.2) is 38.4 Å². The van der Waals surface area contributed by atoms with Crippen molar-refractivity contribution in [3.8, 4) is 0 Å². The van der Waals surface area contributed by atoms with Gasteiger partial charge in [0, 0.05) is 7.11 Å². The SMILES string of the molecule is COC(=O)c1ccc(C(=O)O[C@H]2CCC[C@H]2OC)cc1. The molecule has 0 unspecified atom stereocenters. The molecule has 2 atom stereocenters. The average Bonchev–Trinajstić information content (AvgIpc) is 2.93. The highest BCUT2D eigenvalue weighted by molar-refractivity contribution is 5.93. The van der Waals surface area contributed by atoms with Gasteiger partial charge < -0.3 is 14.2 Å². The fraction of sp³-hybridized carbons (Fsp3) is 0.467. The summed E-state index contributed by atoms with van der Waals surface area (Å²) in [6, 6.07) is 6.21. The first-order valence-electron chi connectivity index (χ1n) is 6.58. The van der Waals surface area contributed by atoms with Gasteiger partial charge in [-0.25, -0.2) is 9.59 Å². The van der Waals surface area contributed by atoms with Gasteiger partial charge in [0.15, 0.2) is 0 Å². The van der Waals surface area contributed by atoms with E-state index in [1.54, 1.807) is 31.4 Å². The summed E-state index contributed by atoms with van der Waals surface area (Å²) in [4.78, 5) is 23.3. The second-order valence-electron chi connectivity index (χ2n) is 4.72. The average molecular weight is 278 g/mol. The fourth-order valence-corrected chi connectivity index (χ4v) is 2.36. The number of hydrogen-bond donors (Lipinski definition) is 0. The molecule has 0 heterocycles. The monoisotopic (exact) mass is 278 g/mol. The molecule has 1 aliphatic rings. The summed E-state index contributed by atoms with van der Waals surface area (Å²) in [5.41, 5.74) is 0.819. The van der Waals surface area contributed by atoms with Gasteiger partial charge in [0.05, 0.1) is 24.3 Å². The Morgan fingerprint density at radius 1 is 0.950 bits per heavy atom. The molecule has 0 N–H and O–H groups in total. The lowest BCUT2D eigenvalue weighted by atomic mass is 10.1. The molecule has 2 rings (SSSR count). The number of methoxy groups -OCH3 is 2. The molecule has 0 bridgehead atoms. The number of ether oxygens (including phenoxy) is 3. The molecule has 1 saturated carbocycles. The largest absolute Gasteiger partial charge is 0.465 e. The number of benzene rings is 1. The zero-order valence-electron chi connectivity index (χ0n) is 11.6. The van der Waals surface area contributed by atoms with E-state index < -0.39 is 11.9 Å². The summed E-state index contributed by atoms with van der Waals surface area (Å²) in [6.07, 6.45) is 2.53. The lowest BCUT2D eigenvalue weighted by Gasteiger charge is -2.18. The van der Waals surface area contributed by atoms with Gasteiger partial charge in [0.25, 0.3) is 0 Å². The standard InChI is InChI=1S/C15H18O5/c1-18-12-4-3-5-13(12)20-15(17)11-8-6-10(7-9-11)14(16)19-2/h6-9,12-13H,3-5H2,1-2H3/t12-,13+/m1/s1. The normalized spacial score (nSPS) is 21.5. The summed E-state index contributed by atoms with van der Waals surface area (Å²) in [5, 5.41) is 0. The van der Waals surface area contributed by atoms with Crippen LogP contribution in [0.25, 0.3) is 0 Å². The minimum absolute atomic E-state index is 0.0201. The van der Waals surface area contributed by atoms with Crippen molar-refractivity contribution in [2.24, 2.45) is 0 Å². The summed E-state index contributed by atoms with van der Waals surface area (Å²) in [7, 11) is 2.94. The van der Waals surface area contributed by atoms with E-state index in [-0.39, 0.29) is 12.2 Å². The van der Waals surface area contributed by atoms with Crippen LogP contribution < -0.4 is 0 Å². The first-order chi connectivity index (χ1) is 9.65. The molecular formula is C15H18O5. The molecule has 1 aromatic carbocycles.